The summed E-state index contributed by atoms with van der Waals surface area (Å²) in [6, 6.07) is 3.89. The zero-order valence-corrected chi connectivity index (χ0v) is 9.63. The van der Waals surface area contributed by atoms with E-state index < -0.39 is 25.0 Å². The van der Waals surface area contributed by atoms with Gasteiger partial charge in [-0.3, -0.25) is 0 Å². The van der Waals surface area contributed by atoms with E-state index in [4.69, 9.17) is 11.6 Å². The molecule has 0 aliphatic carbocycles. The summed E-state index contributed by atoms with van der Waals surface area (Å²) in [5.41, 5.74) is 0.0787. The zero-order valence-electron chi connectivity index (χ0n) is 8.88. The molecule has 1 rings (SSSR count). The van der Waals surface area contributed by atoms with Crippen LogP contribution in [0.25, 0.3) is 0 Å². The van der Waals surface area contributed by atoms with Gasteiger partial charge in [0.25, 0.3) is 6.43 Å². The van der Waals surface area contributed by atoms with Gasteiger partial charge < -0.3 is 9.84 Å². The van der Waals surface area contributed by atoms with Crippen molar-refractivity contribution in [3.8, 4) is 0 Å². The monoisotopic (exact) mass is 268 g/mol. The van der Waals surface area contributed by atoms with Gasteiger partial charge in [-0.1, -0.05) is 17.7 Å². The second-order valence-electron chi connectivity index (χ2n) is 3.44. The lowest BCUT2D eigenvalue weighted by Gasteiger charge is -2.12. The van der Waals surface area contributed by atoms with Crippen molar-refractivity contribution in [3.63, 3.8) is 0 Å². The Labute approximate surface area is 102 Å². The molecule has 17 heavy (non-hydrogen) atoms. The Kier molecular flexibility index (Phi) is 5.74. The third-order valence-electron chi connectivity index (χ3n) is 2.10. The van der Waals surface area contributed by atoms with Crippen molar-refractivity contribution in [2.45, 2.75) is 19.0 Å². The summed E-state index contributed by atoms with van der Waals surface area (Å²) in [6.45, 7) is -0.747. The van der Waals surface area contributed by atoms with Crippen LogP contribution in [0.3, 0.4) is 0 Å². The zero-order chi connectivity index (χ0) is 12.8. The Morgan fingerprint density at radius 1 is 1.35 bits per heavy atom. The van der Waals surface area contributed by atoms with Crippen molar-refractivity contribution in [1.82, 2.24) is 0 Å². The van der Waals surface area contributed by atoms with Gasteiger partial charge in [-0.05, 0) is 12.1 Å². The van der Waals surface area contributed by atoms with E-state index >= 15 is 0 Å². The van der Waals surface area contributed by atoms with E-state index in [0.29, 0.717) is 0 Å². The molecule has 0 aromatic heterocycles. The molecule has 6 heteroatoms. The molecule has 0 saturated carbocycles. The van der Waals surface area contributed by atoms with Crippen LogP contribution < -0.4 is 0 Å². The normalized spacial score (nSPS) is 13.1. The topological polar surface area (TPSA) is 29.5 Å². The number of aliphatic hydroxyl groups is 1. The van der Waals surface area contributed by atoms with Crippen molar-refractivity contribution < 1.29 is 23.0 Å². The molecule has 0 aliphatic rings. The summed E-state index contributed by atoms with van der Waals surface area (Å²) in [5.74, 6) is -0.626. The first-order valence-electron chi connectivity index (χ1n) is 4.99. The van der Waals surface area contributed by atoms with Crippen molar-refractivity contribution in [3.05, 3.63) is 34.6 Å². The second kappa shape index (κ2) is 6.83. The molecule has 96 valence electrons. The largest absolute Gasteiger partial charge is 0.388 e. The number of halogens is 4. The van der Waals surface area contributed by atoms with Gasteiger partial charge >= 0.3 is 0 Å². The fraction of sp³-hybridized carbons (Fsp3) is 0.455. The number of alkyl halides is 2. The minimum absolute atomic E-state index is 0.0469. The van der Waals surface area contributed by atoms with Crippen LogP contribution in [0.15, 0.2) is 18.2 Å². The lowest BCUT2D eigenvalue weighted by Crippen LogP contribution is -2.09. The van der Waals surface area contributed by atoms with Crippen LogP contribution in [0.1, 0.15) is 18.1 Å². The molecule has 1 atom stereocenters. The van der Waals surface area contributed by atoms with Crippen LogP contribution >= 0.6 is 11.6 Å². The molecular formula is C11H12ClF3O2. The van der Waals surface area contributed by atoms with Gasteiger partial charge in [-0.25, -0.2) is 13.2 Å². The molecule has 2 nitrogen and oxygen atoms in total. The van der Waals surface area contributed by atoms with Gasteiger partial charge in [0.2, 0.25) is 0 Å². The van der Waals surface area contributed by atoms with Gasteiger partial charge in [-0.2, -0.15) is 0 Å². The molecule has 0 bridgehead atoms. The minimum Gasteiger partial charge on any atom is -0.388 e. The van der Waals surface area contributed by atoms with Crippen molar-refractivity contribution in [1.29, 1.82) is 0 Å². The molecule has 0 saturated heterocycles. The molecule has 0 amide bonds. The third-order valence-corrected chi connectivity index (χ3v) is 2.34. The van der Waals surface area contributed by atoms with E-state index in [1.165, 1.54) is 12.1 Å². The summed E-state index contributed by atoms with van der Waals surface area (Å²) < 4.78 is 41.4. The van der Waals surface area contributed by atoms with Crippen LogP contribution in [0, 0.1) is 5.82 Å². The first kappa shape index (κ1) is 14.3. The summed E-state index contributed by atoms with van der Waals surface area (Å²) in [5, 5.41) is 9.84. The highest BCUT2D eigenvalue weighted by Gasteiger charge is 2.13. The van der Waals surface area contributed by atoms with E-state index in [1.807, 2.05) is 0 Å². The first-order chi connectivity index (χ1) is 8.00. The maximum Gasteiger partial charge on any atom is 0.261 e. The minimum atomic E-state index is -2.54. The van der Waals surface area contributed by atoms with E-state index in [1.54, 1.807) is 0 Å². The number of benzene rings is 1. The number of rotatable bonds is 6. The molecule has 0 aliphatic heterocycles. The van der Waals surface area contributed by atoms with Crippen molar-refractivity contribution in [2.24, 2.45) is 0 Å². The molecule has 1 N–H and O–H groups in total. The van der Waals surface area contributed by atoms with Gasteiger partial charge in [0.15, 0.2) is 0 Å². The lowest BCUT2D eigenvalue weighted by molar-refractivity contribution is 0.00448. The number of hydrogen-bond donors (Lipinski definition) is 1. The highest BCUT2D eigenvalue weighted by molar-refractivity contribution is 6.30. The quantitative estimate of drug-likeness (QED) is 0.803. The highest BCUT2D eigenvalue weighted by atomic mass is 35.5. The van der Waals surface area contributed by atoms with Crippen molar-refractivity contribution >= 4 is 11.6 Å². The van der Waals surface area contributed by atoms with Crippen LogP contribution in [0.4, 0.5) is 13.2 Å². The summed E-state index contributed by atoms with van der Waals surface area (Å²) in [7, 11) is 0. The molecule has 0 spiro atoms. The number of ether oxygens (including phenoxy) is 1. The van der Waals surface area contributed by atoms with Gasteiger partial charge in [0.1, 0.15) is 12.4 Å². The van der Waals surface area contributed by atoms with E-state index in [2.05, 4.69) is 4.74 Å². The average molecular weight is 269 g/mol. The van der Waals surface area contributed by atoms with E-state index in [0.717, 1.165) is 6.07 Å². The lowest BCUT2D eigenvalue weighted by atomic mass is 10.1. The summed E-state index contributed by atoms with van der Waals surface area (Å²) in [6.07, 6.45) is -3.59. The highest BCUT2D eigenvalue weighted by Crippen LogP contribution is 2.22. The van der Waals surface area contributed by atoms with E-state index in [-0.39, 0.29) is 23.6 Å². The van der Waals surface area contributed by atoms with Gasteiger partial charge in [-0.15, -0.1) is 0 Å². The van der Waals surface area contributed by atoms with E-state index in [9.17, 15) is 18.3 Å². The Hall–Kier alpha value is -0.780. The van der Waals surface area contributed by atoms with Crippen LogP contribution in [-0.4, -0.2) is 24.7 Å². The number of hydrogen-bond acceptors (Lipinski definition) is 2. The SMILES string of the molecule is OC(CCOCC(F)F)c1ccc(Cl)cc1F. The van der Waals surface area contributed by atoms with Crippen LogP contribution in [0.2, 0.25) is 5.02 Å². The Morgan fingerprint density at radius 2 is 2.06 bits per heavy atom. The predicted molar refractivity (Wildman–Crippen MR) is 57.8 cm³/mol. The van der Waals surface area contributed by atoms with Gasteiger partial charge in [0, 0.05) is 23.6 Å². The second-order valence-corrected chi connectivity index (χ2v) is 3.87. The fourth-order valence-corrected chi connectivity index (χ4v) is 1.45. The molecule has 1 unspecified atom stereocenters. The molecular weight excluding hydrogens is 257 g/mol. The molecule has 1 aromatic carbocycles. The van der Waals surface area contributed by atoms with Crippen LogP contribution in [-0.2, 0) is 4.74 Å². The molecule has 0 heterocycles. The molecule has 0 fully saturated rings. The number of aliphatic hydroxyl groups excluding tert-OH is 1. The Balaban J connectivity index is 2.44. The standard InChI is InChI=1S/C11H12ClF3O2/c12-7-1-2-8(9(13)5-7)10(16)3-4-17-6-11(14)15/h1-2,5,10-11,16H,3-4,6H2. The van der Waals surface area contributed by atoms with Crippen molar-refractivity contribution in [2.75, 3.05) is 13.2 Å². The average Bonchev–Trinajstić information content (AvgIpc) is 2.23. The fourth-order valence-electron chi connectivity index (χ4n) is 1.29. The summed E-state index contributed by atoms with van der Waals surface area (Å²) >= 11 is 5.55. The maximum absolute atomic E-state index is 13.3. The summed E-state index contributed by atoms with van der Waals surface area (Å²) in [4.78, 5) is 0. The maximum atomic E-state index is 13.3. The molecule has 0 radical (unpaired) electrons. The molecule has 1 aromatic rings. The Bertz CT molecular complexity index is 361. The Morgan fingerprint density at radius 3 is 2.65 bits per heavy atom. The third kappa shape index (κ3) is 4.93. The first-order valence-corrected chi connectivity index (χ1v) is 5.37. The smallest absolute Gasteiger partial charge is 0.261 e. The van der Waals surface area contributed by atoms with Gasteiger partial charge in [0.05, 0.1) is 6.10 Å². The predicted octanol–water partition coefficient (Wildman–Crippen LogP) is 3.18. The van der Waals surface area contributed by atoms with Crippen LogP contribution in [0.5, 0.6) is 0 Å².